The Morgan fingerprint density at radius 2 is 1.95 bits per heavy atom. The van der Waals surface area contributed by atoms with Crippen LogP contribution >= 0.6 is 0 Å². The smallest absolute Gasteiger partial charge is 0.238 e. The zero-order valence-electron chi connectivity index (χ0n) is 13.4. The predicted octanol–water partition coefficient (Wildman–Crippen LogP) is 1.91. The Bertz CT molecular complexity index is 601. The van der Waals surface area contributed by atoms with Crippen molar-refractivity contribution in [3.05, 3.63) is 29.6 Å². The number of likely N-dealkylation sites (tertiary alicyclic amines) is 1. The summed E-state index contributed by atoms with van der Waals surface area (Å²) >= 11 is 0. The normalized spacial score (nSPS) is 21.5. The van der Waals surface area contributed by atoms with Crippen LogP contribution in [0.15, 0.2) is 18.2 Å². The highest BCUT2D eigenvalue weighted by Gasteiger charge is 2.53. The quantitative estimate of drug-likeness (QED) is 0.908. The number of carbonyl (C=O) groups excluding carboxylic acids is 1. The largest absolute Gasteiger partial charge is 0.389 e. The molecular formula is C17H23FN2O2. The van der Waals surface area contributed by atoms with Gasteiger partial charge in [0, 0.05) is 5.56 Å². The van der Waals surface area contributed by atoms with Crippen molar-refractivity contribution in [2.75, 3.05) is 31.6 Å². The summed E-state index contributed by atoms with van der Waals surface area (Å²) in [5.74, 6) is -0.378. The maximum atomic E-state index is 14.5. The molecule has 2 heterocycles. The molecule has 0 aromatic heterocycles. The molecule has 0 bridgehead atoms. The summed E-state index contributed by atoms with van der Waals surface area (Å²) in [4.78, 5) is 16.8. The first-order valence-corrected chi connectivity index (χ1v) is 7.76. The molecule has 1 spiro atoms. The zero-order chi connectivity index (χ0) is 16.1. The lowest BCUT2D eigenvalue weighted by Crippen LogP contribution is -2.50. The second-order valence-corrected chi connectivity index (χ2v) is 7.22. The second kappa shape index (κ2) is 5.03. The molecule has 1 N–H and O–H groups in total. The van der Waals surface area contributed by atoms with Gasteiger partial charge in [-0.1, -0.05) is 6.07 Å². The van der Waals surface area contributed by atoms with E-state index in [0.29, 0.717) is 24.1 Å². The molecule has 1 fully saturated rings. The standard InChI is InChI=1S/C17H23FN2O2/c1-16(2,22)11-20-13-6-4-5-12(18)14(13)17(15(20)21)7-9-19(3)10-8-17/h4-6,22H,7-11H2,1-3H3. The third-order valence-electron chi connectivity index (χ3n) is 4.80. The molecule has 22 heavy (non-hydrogen) atoms. The molecule has 0 saturated carbocycles. The molecule has 4 nitrogen and oxygen atoms in total. The van der Waals surface area contributed by atoms with E-state index in [1.807, 2.05) is 7.05 Å². The topological polar surface area (TPSA) is 43.8 Å². The Balaban J connectivity index is 2.09. The minimum Gasteiger partial charge on any atom is -0.389 e. The number of amides is 1. The van der Waals surface area contributed by atoms with Gasteiger partial charge in [-0.3, -0.25) is 4.79 Å². The van der Waals surface area contributed by atoms with Crippen LogP contribution in [-0.4, -0.2) is 48.2 Å². The van der Waals surface area contributed by atoms with E-state index >= 15 is 0 Å². The number of rotatable bonds is 2. The lowest BCUT2D eigenvalue weighted by molar-refractivity contribution is -0.125. The average molecular weight is 306 g/mol. The van der Waals surface area contributed by atoms with Gasteiger partial charge in [0.05, 0.1) is 23.2 Å². The van der Waals surface area contributed by atoms with Crippen molar-refractivity contribution in [2.24, 2.45) is 0 Å². The first-order chi connectivity index (χ1) is 10.2. The van der Waals surface area contributed by atoms with E-state index in [1.165, 1.54) is 6.07 Å². The molecule has 0 unspecified atom stereocenters. The van der Waals surface area contributed by atoms with Crippen molar-refractivity contribution in [2.45, 2.75) is 37.7 Å². The Morgan fingerprint density at radius 3 is 2.55 bits per heavy atom. The second-order valence-electron chi connectivity index (χ2n) is 7.22. The Morgan fingerprint density at radius 1 is 1.32 bits per heavy atom. The molecule has 0 atom stereocenters. The van der Waals surface area contributed by atoms with Gasteiger partial charge < -0.3 is 14.9 Å². The summed E-state index contributed by atoms with van der Waals surface area (Å²) < 4.78 is 14.5. The molecule has 2 aliphatic heterocycles. The third-order valence-corrected chi connectivity index (χ3v) is 4.80. The van der Waals surface area contributed by atoms with Crippen LogP contribution in [-0.2, 0) is 10.2 Å². The monoisotopic (exact) mass is 306 g/mol. The number of anilines is 1. The lowest BCUT2D eigenvalue weighted by atomic mass is 9.73. The van der Waals surface area contributed by atoms with Gasteiger partial charge in [-0.25, -0.2) is 4.39 Å². The molecule has 120 valence electrons. The summed E-state index contributed by atoms with van der Waals surface area (Å²) in [5.41, 5.74) is -0.636. The van der Waals surface area contributed by atoms with Crippen molar-refractivity contribution in [1.82, 2.24) is 4.90 Å². The van der Waals surface area contributed by atoms with Crippen LogP contribution in [0.25, 0.3) is 0 Å². The van der Waals surface area contributed by atoms with Crippen molar-refractivity contribution in [3.8, 4) is 0 Å². The molecule has 2 aliphatic rings. The average Bonchev–Trinajstić information content (AvgIpc) is 2.65. The van der Waals surface area contributed by atoms with Gasteiger partial charge in [0.15, 0.2) is 0 Å². The number of piperidine rings is 1. The molecule has 1 aromatic rings. The highest BCUT2D eigenvalue weighted by molar-refractivity contribution is 6.08. The van der Waals surface area contributed by atoms with Crippen molar-refractivity contribution in [1.29, 1.82) is 0 Å². The van der Waals surface area contributed by atoms with Crippen LogP contribution in [0.5, 0.6) is 0 Å². The van der Waals surface area contributed by atoms with E-state index < -0.39 is 11.0 Å². The van der Waals surface area contributed by atoms with Gasteiger partial charge in [0.1, 0.15) is 5.82 Å². The number of halogens is 1. The van der Waals surface area contributed by atoms with Crippen molar-refractivity contribution >= 4 is 11.6 Å². The van der Waals surface area contributed by atoms with Crippen LogP contribution in [0.1, 0.15) is 32.3 Å². The molecule has 1 saturated heterocycles. The zero-order valence-corrected chi connectivity index (χ0v) is 13.4. The van der Waals surface area contributed by atoms with Crippen LogP contribution in [0.2, 0.25) is 0 Å². The summed E-state index contributed by atoms with van der Waals surface area (Å²) in [5, 5.41) is 10.1. The van der Waals surface area contributed by atoms with E-state index in [0.717, 1.165) is 13.1 Å². The summed E-state index contributed by atoms with van der Waals surface area (Å²) in [7, 11) is 2.02. The molecule has 1 amide bonds. The first kappa shape index (κ1) is 15.4. The minimum atomic E-state index is -1.02. The van der Waals surface area contributed by atoms with Crippen molar-refractivity contribution in [3.63, 3.8) is 0 Å². The number of hydrogen-bond donors (Lipinski definition) is 1. The maximum Gasteiger partial charge on any atom is 0.238 e. The SMILES string of the molecule is CN1CCC2(CC1)C(=O)N(CC(C)(C)O)c1cccc(F)c12. The van der Waals surface area contributed by atoms with E-state index in [9.17, 15) is 14.3 Å². The van der Waals surface area contributed by atoms with Gasteiger partial charge in [-0.05, 0) is 59.0 Å². The Hall–Kier alpha value is -1.46. The molecular weight excluding hydrogens is 283 g/mol. The summed E-state index contributed by atoms with van der Waals surface area (Å²) in [6.45, 7) is 5.06. The van der Waals surface area contributed by atoms with Gasteiger partial charge in [0.2, 0.25) is 5.91 Å². The van der Waals surface area contributed by atoms with E-state index in [2.05, 4.69) is 4.90 Å². The Labute approximate surface area is 130 Å². The van der Waals surface area contributed by atoms with E-state index in [-0.39, 0.29) is 18.3 Å². The van der Waals surface area contributed by atoms with Crippen LogP contribution in [0, 0.1) is 5.82 Å². The van der Waals surface area contributed by atoms with E-state index in [1.54, 1.807) is 30.9 Å². The van der Waals surface area contributed by atoms with Gasteiger partial charge >= 0.3 is 0 Å². The third kappa shape index (κ3) is 2.32. The first-order valence-electron chi connectivity index (χ1n) is 7.76. The van der Waals surface area contributed by atoms with Crippen LogP contribution in [0.3, 0.4) is 0 Å². The molecule has 5 heteroatoms. The predicted molar refractivity (Wildman–Crippen MR) is 83.5 cm³/mol. The van der Waals surface area contributed by atoms with Crippen LogP contribution in [0.4, 0.5) is 10.1 Å². The van der Waals surface area contributed by atoms with Crippen molar-refractivity contribution < 1.29 is 14.3 Å². The number of nitrogens with zero attached hydrogens (tertiary/aromatic N) is 2. The highest BCUT2D eigenvalue weighted by Crippen LogP contribution is 2.49. The number of aliphatic hydroxyl groups is 1. The fourth-order valence-corrected chi connectivity index (χ4v) is 3.69. The van der Waals surface area contributed by atoms with E-state index in [4.69, 9.17) is 0 Å². The molecule has 3 rings (SSSR count). The fourth-order valence-electron chi connectivity index (χ4n) is 3.69. The molecule has 0 radical (unpaired) electrons. The van der Waals surface area contributed by atoms with Gasteiger partial charge in [-0.2, -0.15) is 0 Å². The minimum absolute atomic E-state index is 0.0668. The highest BCUT2D eigenvalue weighted by atomic mass is 19.1. The number of β-amino-alcohol motifs (C(OH)–C–C–N with tert-alkyl or cyclic N) is 1. The molecule has 1 aromatic carbocycles. The number of carbonyl (C=O) groups is 1. The maximum absolute atomic E-state index is 14.5. The molecule has 0 aliphatic carbocycles. The van der Waals surface area contributed by atoms with Gasteiger partial charge in [0.25, 0.3) is 0 Å². The van der Waals surface area contributed by atoms with Gasteiger partial charge in [-0.15, -0.1) is 0 Å². The Kier molecular flexibility index (Phi) is 3.53. The number of hydrogen-bond acceptors (Lipinski definition) is 3. The number of fused-ring (bicyclic) bond motifs is 2. The van der Waals surface area contributed by atoms with Crippen LogP contribution < -0.4 is 4.90 Å². The summed E-state index contributed by atoms with van der Waals surface area (Å²) in [6.07, 6.45) is 1.25. The summed E-state index contributed by atoms with van der Waals surface area (Å²) in [6, 6.07) is 4.85. The lowest BCUT2D eigenvalue weighted by Gasteiger charge is -2.37. The fraction of sp³-hybridized carbons (Fsp3) is 0.588. The number of benzene rings is 1.